The minimum atomic E-state index is 0.696. The summed E-state index contributed by atoms with van der Waals surface area (Å²) in [5.74, 6) is 0.696. The normalized spacial score (nSPS) is 28.3. The van der Waals surface area contributed by atoms with Crippen LogP contribution in [0.15, 0.2) is 24.3 Å². The first-order chi connectivity index (χ1) is 10.3. The van der Waals surface area contributed by atoms with Crippen molar-refractivity contribution < 1.29 is 0 Å². The predicted molar refractivity (Wildman–Crippen MR) is 88.9 cm³/mol. The molecule has 114 valence electrons. The third-order valence-electron chi connectivity index (χ3n) is 6.25. The van der Waals surface area contributed by atoms with Crippen LogP contribution < -0.4 is 5.32 Å². The number of rotatable bonds is 2. The number of piperidine rings is 1. The minimum Gasteiger partial charge on any atom is -0.384 e. The molecule has 1 aromatic carbocycles. The molecule has 0 radical (unpaired) electrons. The van der Waals surface area contributed by atoms with Gasteiger partial charge in [-0.15, -0.1) is 0 Å². The van der Waals surface area contributed by atoms with E-state index in [4.69, 9.17) is 0 Å². The Morgan fingerprint density at radius 3 is 2.57 bits per heavy atom. The number of hydrogen-bond acceptors (Lipinski definition) is 2. The number of hydrogen-bond donors (Lipinski definition) is 1. The Balaban J connectivity index is 1.35. The van der Waals surface area contributed by atoms with Crippen LogP contribution in [0.5, 0.6) is 0 Å². The fourth-order valence-electron chi connectivity index (χ4n) is 4.84. The molecular formula is C19H28N2. The molecule has 3 aliphatic rings. The highest BCUT2D eigenvalue weighted by molar-refractivity contribution is 5.57. The maximum atomic E-state index is 3.57. The van der Waals surface area contributed by atoms with Crippen molar-refractivity contribution in [2.24, 2.45) is 5.41 Å². The van der Waals surface area contributed by atoms with Crippen molar-refractivity contribution in [3.05, 3.63) is 29.8 Å². The van der Waals surface area contributed by atoms with Crippen molar-refractivity contribution >= 4 is 5.69 Å². The molecule has 1 N–H and O–H groups in total. The summed E-state index contributed by atoms with van der Waals surface area (Å²) in [5, 5.41) is 3.57. The molecule has 1 spiro atoms. The van der Waals surface area contributed by atoms with E-state index in [0.717, 1.165) is 12.0 Å². The lowest BCUT2D eigenvalue weighted by Gasteiger charge is -2.44. The van der Waals surface area contributed by atoms with Gasteiger partial charge in [-0.1, -0.05) is 37.5 Å². The van der Waals surface area contributed by atoms with Gasteiger partial charge in [0, 0.05) is 24.7 Å². The molecular weight excluding hydrogens is 256 g/mol. The number of nitrogens with one attached hydrogen (secondary N) is 1. The van der Waals surface area contributed by atoms with Crippen LogP contribution in [-0.2, 0) is 0 Å². The Hall–Kier alpha value is -1.02. The fourth-order valence-corrected chi connectivity index (χ4v) is 4.84. The van der Waals surface area contributed by atoms with Crippen molar-refractivity contribution in [1.82, 2.24) is 4.90 Å². The van der Waals surface area contributed by atoms with Crippen molar-refractivity contribution in [2.75, 3.05) is 31.5 Å². The molecule has 21 heavy (non-hydrogen) atoms. The smallest absolute Gasteiger partial charge is 0.0376 e. The summed E-state index contributed by atoms with van der Waals surface area (Å²) in [5.41, 5.74) is 3.64. The third kappa shape index (κ3) is 2.70. The molecule has 2 aliphatic heterocycles. The van der Waals surface area contributed by atoms with Gasteiger partial charge in [0.05, 0.1) is 0 Å². The van der Waals surface area contributed by atoms with E-state index in [2.05, 4.69) is 34.5 Å². The molecule has 1 unspecified atom stereocenters. The second-order valence-electron chi connectivity index (χ2n) is 7.53. The van der Waals surface area contributed by atoms with Gasteiger partial charge in [0.25, 0.3) is 0 Å². The first-order valence-electron chi connectivity index (χ1n) is 8.90. The van der Waals surface area contributed by atoms with Crippen LogP contribution in [0.3, 0.4) is 0 Å². The molecule has 2 heteroatoms. The summed E-state index contributed by atoms with van der Waals surface area (Å²) in [6, 6.07) is 8.86. The summed E-state index contributed by atoms with van der Waals surface area (Å²) in [6.07, 6.45) is 10.4. The van der Waals surface area contributed by atoms with E-state index in [-0.39, 0.29) is 0 Å². The molecule has 0 aromatic heterocycles. The lowest BCUT2D eigenvalue weighted by molar-refractivity contribution is 0.0655. The quantitative estimate of drug-likeness (QED) is 0.873. The number of nitrogens with zero attached hydrogens (tertiary/aromatic N) is 1. The number of anilines is 1. The summed E-state index contributed by atoms with van der Waals surface area (Å²) in [4.78, 5) is 2.73. The first kappa shape index (κ1) is 13.6. The van der Waals surface area contributed by atoms with Gasteiger partial charge in [-0.2, -0.15) is 0 Å². The monoisotopic (exact) mass is 284 g/mol. The topological polar surface area (TPSA) is 15.3 Å². The first-order valence-corrected chi connectivity index (χ1v) is 8.90. The van der Waals surface area contributed by atoms with Crippen molar-refractivity contribution in [1.29, 1.82) is 0 Å². The molecule has 2 fully saturated rings. The Morgan fingerprint density at radius 2 is 1.76 bits per heavy atom. The second-order valence-corrected chi connectivity index (χ2v) is 7.53. The summed E-state index contributed by atoms with van der Waals surface area (Å²) < 4.78 is 0. The molecule has 2 heterocycles. The van der Waals surface area contributed by atoms with Crippen LogP contribution in [0.4, 0.5) is 5.69 Å². The molecule has 0 bridgehead atoms. The van der Waals surface area contributed by atoms with Crippen molar-refractivity contribution in [3.8, 4) is 0 Å². The number of likely N-dealkylation sites (tertiary alicyclic amines) is 1. The van der Waals surface area contributed by atoms with E-state index in [1.54, 1.807) is 0 Å². The zero-order valence-electron chi connectivity index (χ0n) is 13.1. The van der Waals surface area contributed by atoms with E-state index in [0.29, 0.717) is 5.92 Å². The Labute approximate surface area is 128 Å². The van der Waals surface area contributed by atoms with Gasteiger partial charge in [-0.05, 0) is 55.8 Å². The average molecular weight is 284 g/mol. The molecule has 1 atom stereocenters. The second kappa shape index (κ2) is 5.64. The van der Waals surface area contributed by atoms with Crippen molar-refractivity contribution in [3.63, 3.8) is 0 Å². The van der Waals surface area contributed by atoms with Crippen LogP contribution in [0.1, 0.15) is 56.4 Å². The van der Waals surface area contributed by atoms with Gasteiger partial charge in [-0.3, -0.25) is 0 Å². The predicted octanol–water partition coefficient (Wildman–Crippen LogP) is 4.24. The van der Waals surface area contributed by atoms with Gasteiger partial charge < -0.3 is 10.2 Å². The Kier molecular flexibility index (Phi) is 3.66. The van der Waals surface area contributed by atoms with Gasteiger partial charge >= 0.3 is 0 Å². The number of fused-ring (bicyclic) bond motifs is 1. The lowest BCUT2D eigenvalue weighted by Crippen LogP contribution is -2.42. The van der Waals surface area contributed by atoms with Gasteiger partial charge in [-0.25, -0.2) is 0 Å². The fraction of sp³-hybridized carbons (Fsp3) is 0.684. The van der Waals surface area contributed by atoms with Crippen LogP contribution >= 0.6 is 0 Å². The zero-order chi connectivity index (χ0) is 14.1. The van der Waals surface area contributed by atoms with E-state index in [1.165, 1.54) is 75.8 Å². The molecule has 1 aliphatic carbocycles. The number of para-hydroxylation sites is 1. The van der Waals surface area contributed by atoms with Crippen LogP contribution in [0.25, 0.3) is 0 Å². The van der Waals surface area contributed by atoms with Crippen LogP contribution in [0.2, 0.25) is 0 Å². The highest BCUT2D eigenvalue weighted by Gasteiger charge is 2.36. The number of benzene rings is 1. The van der Waals surface area contributed by atoms with E-state index < -0.39 is 0 Å². The Morgan fingerprint density at radius 1 is 1.00 bits per heavy atom. The lowest BCUT2D eigenvalue weighted by atomic mass is 9.68. The minimum absolute atomic E-state index is 0.696. The average Bonchev–Trinajstić information content (AvgIpc) is 2.94. The Bertz CT molecular complexity index is 480. The summed E-state index contributed by atoms with van der Waals surface area (Å²) in [7, 11) is 0. The molecule has 4 rings (SSSR count). The third-order valence-corrected chi connectivity index (χ3v) is 6.25. The standard InChI is InChI=1S/C19H28N2/c1-4-8-19(9-5-1)10-12-21(13-11-19)15-16-14-20-18-7-3-2-6-17(16)18/h2-3,6-7,16,20H,1,4-5,8-15H2. The summed E-state index contributed by atoms with van der Waals surface area (Å²) >= 11 is 0. The summed E-state index contributed by atoms with van der Waals surface area (Å²) in [6.45, 7) is 5.04. The molecule has 1 saturated heterocycles. The largest absolute Gasteiger partial charge is 0.384 e. The van der Waals surface area contributed by atoms with E-state index in [9.17, 15) is 0 Å². The maximum Gasteiger partial charge on any atom is 0.0376 e. The van der Waals surface area contributed by atoms with Gasteiger partial charge in [0.15, 0.2) is 0 Å². The SMILES string of the molecule is c1ccc2c(c1)NCC2CN1CCC2(CCCCC2)CC1. The molecule has 1 saturated carbocycles. The molecule has 0 amide bonds. The van der Waals surface area contributed by atoms with E-state index in [1.807, 2.05) is 0 Å². The van der Waals surface area contributed by atoms with E-state index >= 15 is 0 Å². The zero-order valence-corrected chi connectivity index (χ0v) is 13.1. The van der Waals surface area contributed by atoms with Crippen LogP contribution in [0, 0.1) is 5.41 Å². The van der Waals surface area contributed by atoms with Crippen LogP contribution in [-0.4, -0.2) is 31.1 Å². The van der Waals surface area contributed by atoms with Crippen molar-refractivity contribution in [2.45, 2.75) is 50.9 Å². The highest BCUT2D eigenvalue weighted by Crippen LogP contribution is 2.45. The molecule has 1 aromatic rings. The maximum absolute atomic E-state index is 3.57. The highest BCUT2D eigenvalue weighted by atomic mass is 15.1. The van der Waals surface area contributed by atoms with Gasteiger partial charge in [0.1, 0.15) is 0 Å². The molecule has 2 nitrogen and oxygen atoms in total. The van der Waals surface area contributed by atoms with Gasteiger partial charge in [0.2, 0.25) is 0 Å².